The van der Waals surface area contributed by atoms with E-state index in [0.717, 1.165) is 36.8 Å². The fourth-order valence-electron chi connectivity index (χ4n) is 2.74. The molecule has 0 bridgehead atoms. The maximum Gasteiger partial charge on any atom is 0.317 e. The van der Waals surface area contributed by atoms with Gasteiger partial charge < -0.3 is 15.1 Å². The molecular formula is C16H21ClN6O. The Morgan fingerprint density at radius 3 is 2.79 bits per heavy atom. The average Bonchev–Trinajstić information content (AvgIpc) is 3.12. The van der Waals surface area contributed by atoms with Gasteiger partial charge in [0.25, 0.3) is 0 Å². The van der Waals surface area contributed by atoms with Crippen molar-refractivity contribution in [2.24, 2.45) is 0 Å². The van der Waals surface area contributed by atoms with E-state index in [1.807, 2.05) is 29.2 Å². The molecule has 0 aliphatic carbocycles. The highest BCUT2D eigenvalue weighted by Crippen LogP contribution is 2.20. The van der Waals surface area contributed by atoms with Crippen LogP contribution in [0.3, 0.4) is 0 Å². The molecule has 0 atom stereocenters. The molecule has 2 aromatic rings. The number of nitrogens with zero attached hydrogens (tertiary/aromatic N) is 5. The van der Waals surface area contributed by atoms with E-state index in [1.54, 1.807) is 11.0 Å². The summed E-state index contributed by atoms with van der Waals surface area (Å²) >= 11 is 6.04. The summed E-state index contributed by atoms with van der Waals surface area (Å²) < 4.78 is 1.76. The van der Waals surface area contributed by atoms with Gasteiger partial charge in [0.2, 0.25) is 0 Å². The fourth-order valence-corrected chi connectivity index (χ4v) is 2.92. The summed E-state index contributed by atoms with van der Waals surface area (Å²) in [7, 11) is 0. The second-order valence-electron chi connectivity index (χ2n) is 5.70. The van der Waals surface area contributed by atoms with E-state index in [9.17, 15) is 4.79 Å². The standard InChI is InChI=1S/C16H21ClN6O/c17-14-3-1-4-15(11-14)21-7-9-22(10-8-21)16(24)19-5-2-6-23-13-18-12-20-23/h1,3-4,11-13H,2,5-10H2,(H,19,24). The first-order valence-electron chi connectivity index (χ1n) is 8.08. The molecule has 128 valence electrons. The van der Waals surface area contributed by atoms with Crippen LogP contribution < -0.4 is 10.2 Å². The Bertz CT molecular complexity index is 654. The lowest BCUT2D eigenvalue weighted by atomic mass is 10.2. The molecule has 1 fully saturated rings. The third-order valence-electron chi connectivity index (χ3n) is 4.05. The van der Waals surface area contributed by atoms with Crippen molar-refractivity contribution in [3.05, 3.63) is 41.9 Å². The number of aryl methyl sites for hydroxylation is 1. The highest BCUT2D eigenvalue weighted by atomic mass is 35.5. The number of amides is 2. The van der Waals surface area contributed by atoms with Gasteiger partial charge in [-0.25, -0.2) is 9.78 Å². The van der Waals surface area contributed by atoms with Crippen LogP contribution in [0.4, 0.5) is 10.5 Å². The quantitative estimate of drug-likeness (QED) is 0.837. The Balaban J connectivity index is 1.38. The van der Waals surface area contributed by atoms with Crippen LogP contribution >= 0.6 is 11.6 Å². The number of aromatic nitrogens is 3. The first kappa shape index (κ1) is 16.6. The number of rotatable bonds is 5. The zero-order valence-corrected chi connectivity index (χ0v) is 14.2. The molecule has 1 aromatic heterocycles. The van der Waals surface area contributed by atoms with Crippen molar-refractivity contribution in [3.63, 3.8) is 0 Å². The number of hydrogen-bond donors (Lipinski definition) is 1. The third-order valence-corrected chi connectivity index (χ3v) is 4.28. The fraction of sp³-hybridized carbons (Fsp3) is 0.438. The molecule has 2 heterocycles. The van der Waals surface area contributed by atoms with Crippen molar-refractivity contribution in [3.8, 4) is 0 Å². The predicted octanol–water partition coefficient (Wildman–Crippen LogP) is 1.85. The zero-order valence-electron chi connectivity index (χ0n) is 13.4. The zero-order chi connectivity index (χ0) is 16.8. The van der Waals surface area contributed by atoms with Crippen LogP contribution in [-0.2, 0) is 6.54 Å². The van der Waals surface area contributed by atoms with Gasteiger partial charge in [-0.3, -0.25) is 4.68 Å². The third kappa shape index (κ3) is 4.38. The van der Waals surface area contributed by atoms with Gasteiger partial charge in [0.15, 0.2) is 0 Å². The molecule has 1 aromatic carbocycles. The van der Waals surface area contributed by atoms with E-state index in [-0.39, 0.29) is 6.03 Å². The number of carbonyl (C=O) groups excluding carboxylic acids is 1. The molecule has 3 rings (SSSR count). The Morgan fingerprint density at radius 1 is 1.25 bits per heavy atom. The maximum atomic E-state index is 12.2. The van der Waals surface area contributed by atoms with Crippen molar-refractivity contribution >= 4 is 23.3 Å². The summed E-state index contributed by atoms with van der Waals surface area (Å²) in [5.74, 6) is 0. The van der Waals surface area contributed by atoms with Crippen LogP contribution in [0.25, 0.3) is 0 Å². The number of carbonyl (C=O) groups is 1. The minimum Gasteiger partial charge on any atom is -0.368 e. The summed E-state index contributed by atoms with van der Waals surface area (Å²) in [5.41, 5.74) is 1.11. The number of halogens is 1. The van der Waals surface area contributed by atoms with Crippen LogP contribution in [0.1, 0.15) is 6.42 Å². The van der Waals surface area contributed by atoms with Gasteiger partial charge in [-0.2, -0.15) is 5.10 Å². The molecule has 2 amide bonds. The van der Waals surface area contributed by atoms with Gasteiger partial charge >= 0.3 is 6.03 Å². The molecule has 1 saturated heterocycles. The van der Waals surface area contributed by atoms with Crippen molar-refractivity contribution in [1.29, 1.82) is 0 Å². The van der Waals surface area contributed by atoms with Gasteiger partial charge in [-0.1, -0.05) is 17.7 Å². The van der Waals surface area contributed by atoms with Crippen molar-refractivity contribution < 1.29 is 4.79 Å². The van der Waals surface area contributed by atoms with Crippen LogP contribution in [-0.4, -0.2) is 58.4 Å². The maximum absolute atomic E-state index is 12.2. The van der Waals surface area contributed by atoms with Gasteiger partial charge in [0.1, 0.15) is 12.7 Å². The SMILES string of the molecule is O=C(NCCCn1cncn1)N1CCN(c2cccc(Cl)c2)CC1. The second kappa shape index (κ2) is 8.01. The topological polar surface area (TPSA) is 66.3 Å². The molecule has 24 heavy (non-hydrogen) atoms. The number of piperazine rings is 1. The highest BCUT2D eigenvalue weighted by molar-refractivity contribution is 6.30. The second-order valence-corrected chi connectivity index (χ2v) is 6.13. The predicted molar refractivity (Wildman–Crippen MR) is 93.3 cm³/mol. The lowest BCUT2D eigenvalue weighted by molar-refractivity contribution is 0.194. The molecule has 0 spiro atoms. The summed E-state index contributed by atoms with van der Waals surface area (Å²) in [6, 6.07) is 7.83. The van der Waals surface area contributed by atoms with Crippen LogP contribution in [0, 0.1) is 0 Å². The summed E-state index contributed by atoms with van der Waals surface area (Å²) in [6.07, 6.45) is 4.02. The summed E-state index contributed by atoms with van der Waals surface area (Å²) in [6.45, 7) is 4.43. The minimum atomic E-state index is -0.000616. The minimum absolute atomic E-state index is 0.000616. The number of benzene rings is 1. The smallest absolute Gasteiger partial charge is 0.317 e. The van der Waals surface area contributed by atoms with Gasteiger partial charge in [0, 0.05) is 50.0 Å². The van der Waals surface area contributed by atoms with E-state index >= 15 is 0 Å². The summed E-state index contributed by atoms with van der Waals surface area (Å²) in [5, 5.41) is 7.73. The first-order chi connectivity index (χ1) is 11.7. The van der Waals surface area contributed by atoms with Crippen molar-refractivity contribution in [2.75, 3.05) is 37.6 Å². The van der Waals surface area contributed by atoms with E-state index in [2.05, 4.69) is 20.3 Å². The number of hydrogen-bond acceptors (Lipinski definition) is 4. The Labute approximate surface area is 146 Å². The normalized spacial score (nSPS) is 14.7. The van der Waals surface area contributed by atoms with Gasteiger partial charge in [-0.05, 0) is 24.6 Å². The highest BCUT2D eigenvalue weighted by Gasteiger charge is 2.20. The molecule has 0 unspecified atom stereocenters. The largest absolute Gasteiger partial charge is 0.368 e. The van der Waals surface area contributed by atoms with Crippen LogP contribution in [0.15, 0.2) is 36.9 Å². The van der Waals surface area contributed by atoms with Gasteiger partial charge in [-0.15, -0.1) is 0 Å². The Morgan fingerprint density at radius 2 is 2.08 bits per heavy atom. The molecule has 0 radical (unpaired) electrons. The Kier molecular flexibility index (Phi) is 5.53. The number of urea groups is 1. The molecule has 1 aliphatic heterocycles. The monoisotopic (exact) mass is 348 g/mol. The lowest BCUT2D eigenvalue weighted by Crippen LogP contribution is -2.52. The average molecular weight is 349 g/mol. The number of nitrogens with one attached hydrogen (secondary N) is 1. The van der Waals surface area contributed by atoms with E-state index in [1.165, 1.54) is 6.33 Å². The van der Waals surface area contributed by atoms with E-state index in [0.29, 0.717) is 19.6 Å². The molecule has 0 saturated carbocycles. The Hall–Kier alpha value is -2.28. The molecular weight excluding hydrogens is 328 g/mol. The molecule has 1 N–H and O–H groups in total. The van der Waals surface area contributed by atoms with Crippen molar-refractivity contribution in [1.82, 2.24) is 25.0 Å². The number of anilines is 1. The van der Waals surface area contributed by atoms with Crippen molar-refractivity contribution in [2.45, 2.75) is 13.0 Å². The summed E-state index contributed by atoms with van der Waals surface area (Å²) in [4.78, 5) is 20.2. The van der Waals surface area contributed by atoms with Gasteiger partial charge in [0.05, 0.1) is 0 Å². The lowest BCUT2D eigenvalue weighted by Gasteiger charge is -2.36. The first-order valence-corrected chi connectivity index (χ1v) is 8.46. The van der Waals surface area contributed by atoms with Crippen LogP contribution in [0.2, 0.25) is 5.02 Å². The van der Waals surface area contributed by atoms with E-state index < -0.39 is 0 Å². The molecule has 7 nitrogen and oxygen atoms in total. The molecule has 8 heteroatoms. The molecule has 1 aliphatic rings. The van der Waals surface area contributed by atoms with E-state index in [4.69, 9.17) is 11.6 Å². The van der Waals surface area contributed by atoms with Crippen LogP contribution in [0.5, 0.6) is 0 Å².